The van der Waals surface area contributed by atoms with Crippen LogP contribution in [0.1, 0.15) is 12.5 Å². The lowest BCUT2D eigenvalue weighted by atomic mass is 10.0. The molecule has 0 saturated heterocycles. The highest BCUT2D eigenvalue weighted by molar-refractivity contribution is 5.88. The maximum Gasteiger partial charge on any atom is 0.258 e. The summed E-state index contributed by atoms with van der Waals surface area (Å²) >= 11 is 0. The Hall–Kier alpha value is -3.02. The SMILES string of the molecule is COc1cc(OC)cc(OCC(=O)N[C@@H](Cc2ccccc2)C(C)=O)c1. The second-order valence-electron chi connectivity index (χ2n) is 5.76. The first-order valence-corrected chi connectivity index (χ1v) is 8.21. The lowest BCUT2D eigenvalue weighted by Crippen LogP contribution is -2.43. The molecular formula is C20H23NO5. The van der Waals surface area contributed by atoms with Crippen LogP contribution >= 0.6 is 0 Å². The fraction of sp³-hybridized carbons (Fsp3) is 0.300. The predicted molar refractivity (Wildman–Crippen MR) is 97.8 cm³/mol. The number of methoxy groups -OCH3 is 2. The number of carbonyl (C=O) groups is 2. The minimum Gasteiger partial charge on any atom is -0.496 e. The lowest BCUT2D eigenvalue weighted by molar-refractivity contribution is -0.128. The molecule has 0 aliphatic rings. The molecule has 1 atom stereocenters. The molecule has 2 aromatic carbocycles. The Kier molecular flexibility index (Phi) is 7.02. The van der Waals surface area contributed by atoms with Crippen LogP contribution in [0.15, 0.2) is 48.5 Å². The Morgan fingerprint density at radius 2 is 1.54 bits per heavy atom. The summed E-state index contributed by atoms with van der Waals surface area (Å²) in [6.07, 6.45) is 0.439. The van der Waals surface area contributed by atoms with Gasteiger partial charge in [0.25, 0.3) is 5.91 Å². The summed E-state index contributed by atoms with van der Waals surface area (Å²) in [7, 11) is 3.07. The van der Waals surface area contributed by atoms with Crippen LogP contribution in [0.2, 0.25) is 0 Å². The van der Waals surface area contributed by atoms with Gasteiger partial charge in [0.05, 0.1) is 20.3 Å². The molecule has 0 aliphatic heterocycles. The van der Waals surface area contributed by atoms with Gasteiger partial charge < -0.3 is 19.5 Å². The number of carbonyl (C=O) groups excluding carboxylic acids is 2. The van der Waals surface area contributed by atoms with Gasteiger partial charge in [0.1, 0.15) is 17.2 Å². The normalized spacial score (nSPS) is 11.3. The van der Waals surface area contributed by atoms with Crippen molar-refractivity contribution in [2.45, 2.75) is 19.4 Å². The molecule has 0 aliphatic carbocycles. The largest absolute Gasteiger partial charge is 0.496 e. The molecule has 0 spiro atoms. The van der Waals surface area contributed by atoms with Crippen molar-refractivity contribution < 1.29 is 23.8 Å². The van der Waals surface area contributed by atoms with Gasteiger partial charge in [-0.1, -0.05) is 30.3 Å². The summed E-state index contributed by atoms with van der Waals surface area (Å²) in [6, 6.07) is 14.0. The van der Waals surface area contributed by atoms with Crippen LogP contribution in [0, 0.1) is 0 Å². The topological polar surface area (TPSA) is 73.9 Å². The van der Waals surface area contributed by atoms with Crippen LogP contribution in [-0.2, 0) is 16.0 Å². The fourth-order valence-corrected chi connectivity index (χ4v) is 2.40. The monoisotopic (exact) mass is 357 g/mol. The highest BCUT2D eigenvalue weighted by atomic mass is 16.5. The van der Waals surface area contributed by atoms with Gasteiger partial charge in [-0.3, -0.25) is 9.59 Å². The number of hydrogen-bond donors (Lipinski definition) is 1. The first kappa shape index (κ1) is 19.3. The molecule has 0 radical (unpaired) electrons. The molecule has 0 saturated carbocycles. The number of benzene rings is 2. The number of Topliss-reactive ketones (excluding diaryl/α,β-unsaturated/α-hetero) is 1. The molecule has 1 N–H and O–H groups in total. The van der Waals surface area contributed by atoms with E-state index < -0.39 is 6.04 Å². The zero-order valence-corrected chi connectivity index (χ0v) is 15.2. The molecule has 0 unspecified atom stereocenters. The summed E-state index contributed by atoms with van der Waals surface area (Å²) in [5, 5.41) is 2.72. The summed E-state index contributed by atoms with van der Waals surface area (Å²) < 4.78 is 15.8. The van der Waals surface area contributed by atoms with Gasteiger partial charge in [0.15, 0.2) is 12.4 Å². The minimum absolute atomic E-state index is 0.106. The Labute approximate surface area is 153 Å². The molecule has 26 heavy (non-hydrogen) atoms. The molecule has 6 heteroatoms. The first-order valence-electron chi connectivity index (χ1n) is 8.21. The minimum atomic E-state index is -0.589. The molecule has 1 amide bonds. The van der Waals surface area contributed by atoms with Crippen LogP contribution in [0.3, 0.4) is 0 Å². The van der Waals surface area contributed by atoms with Crippen molar-refractivity contribution in [3.05, 3.63) is 54.1 Å². The maximum absolute atomic E-state index is 12.2. The van der Waals surface area contributed by atoms with Gasteiger partial charge >= 0.3 is 0 Å². The van der Waals surface area contributed by atoms with E-state index in [0.717, 1.165) is 5.56 Å². The zero-order valence-electron chi connectivity index (χ0n) is 15.2. The molecule has 6 nitrogen and oxygen atoms in total. The van der Waals surface area contributed by atoms with E-state index in [4.69, 9.17) is 14.2 Å². The van der Waals surface area contributed by atoms with E-state index in [1.54, 1.807) is 18.2 Å². The van der Waals surface area contributed by atoms with Crippen molar-refractivity contribution >= 4 is 11.7 Å². The van der Waals surface area contributed by atoms with Gasteiger partial charge in [0, 0.05) is 18.2 Å². The van der Waals surface area contributed by atoms with Crippen LogP contribution < -0.4 is 19.5 Å². The Morgan fingerprint density at radius 1 is 0.962 bits per heavy atom. The first-order chi connectivity index (χ1) is 12.5. The Bertz CT molecular complexity index is 723. The number of nitrogens with one attached hydrogen (secondary N) is 1. The quantitative estimate of drug-likeness (QED) is 0.746. The molecule has 0 fully saturated rings. The predicted octanol–water partition coefficient (Wildman–Crippen LogP) is 2.40. The van der Waals surface area contributed by atoms with E-state index in [-0.39, 0.29) is 18.3 Å². The zero-order chi connectivity index (χ0) is 18.9. The van der Waals surface area contributed by atoms with E-state index in [0.29, 0.717) is 23.7 Å². The van der Waals surface area contributed by atoms with Crippen molar-refractivity contribution in [2.75, 3.05) is 20.8 Å². The van der Waals surface area contributed by atoms with Gasteiger partial charge in [-0.05, 0) is 18.9 Å². The van der Waals surface area contributed by atoms with Crippen LogP contribution in [-0.4, -0.2) is 38.6 Å². The second-order valence-corrected chi connectivity index (χ2v) is 5.76. The Morgan fingerprint density at radius 3 is 2.08 bits per heavy atom. The third kappa shape index (κ3) is 5.81. The average Bonchev–Trinajstić information content (AvgIpc) is 2.66. The summed E-state index contributed by atoms with van der Waals surface area (Å²) in [6.45, 7) is 1.25. The average molecular weight is 357 g/mol. The van der Waals surface area contributed by atoms with E-state index in [9.17, 15) is 9.59 Å². The fourth-order valence-electron chi connectivity index (χ4n) is 2.40. The molecule has 2 aromatic rings. The van der Waals surface area contributed by atoms with Gasteiger partial charge in [0.2, 0.25) is 0 Å². The maximum atomic E-state index is 12.2. The van der Waals surface area contributed by atoms with Crippen molar-refractivity contribution in [1.29, 1.82) is 0 Å². The van der Waals surface area contributed by atoms with Crippen molar-refractivity contribution in [3.63, 3.8) is 0 Å². The van der Waals surface area contributed by atoms with E-state index in [1.165, 1.54) is 21.1 Å². The number of amides is 1. The van der Waals surface area contributed by atoms with Crippen molar-refractivity contribution in [1.82, 2.24) is 5.32 Å². The molecule has 0 bridgehead atoms. The van der Waals surface area contributed by atoms with Crippen LogP contribution in [0.25, 0.3) is 0 Å². The van der Waals surface area contributed by atoms with E-state index in [2.05, 4.69) is 5.32 Å². The van der Waals surface area contributed by atoms with Gasteiger partial charge in [-0.15, -0.1) is 0 Å². The Balaban J connectivity index is 1.95. The molecule has 138 valence electrons. The number of ether oxygens (including phenoxy) is 3. The summed E-state index contributed by atoms with van der Waals surface area (Å²) in [5.41, 5.74) is 0.978. The number of ketones is 1. The molecule has 2 rings (SSSR count). The third-order valence-electron chi connectivity index (χ3n) is 3.80. The highest BCUT2D eigenvalue weighted by Gasteiger charge is 2.18. The van der Waals surface area contributed by atoms with Crippen molar-refractivity contribution in [2.24, 2.45) is 0 Å². The van der Waals surface area contributed by atoms with E-state index >= 15 is 0 Å². The van der Waals surface area contributed by atoms with Crippen molar-refractivity contribution in [3.8, 4) is 17.2 Å². The molecular weight excluding hydrogens is 334 g/mol. The van der Waals surface area contributed by atoms with Gasteiger partial charge in [-0.25, -0.2) is 0 Å². The molecule has 0 heterocycles. The smallest absolute Gasteiger partial charge is 0.258 e. The second kappa shape index (κ2) is 9.46. The van der Waals surface area contributed by atoms with Crippen LogP contribution in [0.5, 0.6) is 17.2 Å². The highest BCUT2D eigenvalue weighted by Crippen LogP contribution is 2.27. The summed E-state index contributed by atoms with van der Waals surface area (Å²) in [4.78, 5) is 24.0. The molecule has 0 aromatic heterocycles. The number of rotatable bonds is 9. The summed E-state index contributed by atoms with van der Waals surface area (Å²) in [5.74, 6) is 1.09. The van der Waals surface area contributed by atoms with Crippen LogP contribution in [0.4, 0.5) is 0 Å². The van der Waals surface area contributed by atoms with E-state index in [1.807, 2.05) is 30.3 Å². The lowest BCUT2D eigenvalue weighted by Gasteiger charge is -2.16. The third-order valence-corrected chi connectivity index (χ3v) is 3.80. The van der Waals surface area contributed by atoms with Gasteiger partial charge in [-0.2, -0.15) is 0 Å². The standard InChI is InChI=1S/C20H23NO5/c1-14(22)19(9-15-7-5-4-6-8-15)21-20(23)13-26-18-11-16(24-2)10-17(12-18)25-3/h4-8,10-12,19H,9,13H2,1-3H3,(H,21,23)/t19-/m0/s1. The number of hydrogen-bond acceptors (Lipinski definition) is 5.